The number of likely N-dealkylation sites (tertiary alicyclic amines) is 1. The number of phenols is 1. The molecule has 192 valence electrons. The number of imide groups is 3. The number of amides is 3. The number of fused-ring (bicyclic) bond motifs is 3. The summed E-state index contributed by atoms with van der Waals surface area (Å²) in [5.74, 6) is -2.26. The summed E-state index contributed by atoms with van der Waals surface area (Å²) >= 11 is 6.39. The number of nitrogens with zero attached hydrogens (tertiary/aromatic N) is 1. The average molecular weight is 522 g/mol. The van der Waals surface area contributed by atoms with Crippen LogP contribution in [0.25, 0.3) is 11.6 Å². The van der Waals surface area contributed by atoms with Gasteiger partial charge in [-0.2, -0.15) is 4.90 Å². The molecule has 2 heterocycles. The van der Waals surface area contributed by atoms with Crippen molar-refractivity contribution in [3.63, 3.8) is 0 Å². The lowest BCUT2D eigenvalue weighted by Gasteiger charge is -2.30. The Labute approximate surface area is 220 Å². The molecule has 1 N–H and O–H groups in total. The smallest absolute Gasteiger partial charge is 0.423 e. The minimum absolute atomic E-state index is 0.109. The Hall–Kier alpha value is -3.42. The predicted molar refractivity (Wildman–Crippen MR) is 138 cm³/mol. The van der Waals surface area contributed by atoms with Gasteiger partial charge in [-0.25, -0.2) is 4.79 Å². The zero-order valence-corrected chi connectivity index (χ0v) is 21.4. The van der Waals surface area contributed by atoms with Crippen LogP contribution in [-0.4, -0.2) is 47.7 Å². The monoisotopic (exact) mass is 521 g/mol. The molecule has 0 spiro atoms. The van der Waals surface area contributed by atoms with E-state index in [0.29, 0.717) is 35.8 Å². The van der Waals surface area contributed by atoms with Gasteiger partial charge in [-0.05, 0) is 72.7 Å². The van der Waals surface area contributed by atoms with Crippen LogP contribution in [0.2, 0.25) is 5.02 Å². The highest BCUT2D eigenvalue weighted by Crippen LogP contribution is 2.50. The van der Waals surface area contributed by atoms with Crippen molar-refractivity contribution in [2.45, 2.75) is 32.3 Å². The summed E-state index contributed by atoms with van der Waals surface area (Å²) in [6.45, 7) is 2.32. The number of hydrogen-bond donors (Lipinski definition) is 1. The van der Waals surface area contributed by atoms with Crippen molar-refractivity contribution >= 4 is 41.2 Å². The molecule has 37 heavy (non-hydrogen) atoms. The molecule has 1 aliphatic carbocycles. The first-order valence-electron chi connectivity index (χ1n) is 12.3. The number of hydrogen-bond acceptors (Lipinski definition) is 6. The number of phenolic OH excluding ortho intramolecular Hbond substituents is 1. The molecular formula is C29H28ClNO6. The van der Waals surface area contributed by atoms with Gasteiger partial charge in [-0.3, -0.25) is 9.59 Å². The third-order valence-electron chi connectivity index (χ3n) is 7.64. The zero-order valence-electron chi connectivity index (χ0n) is 20.6. The highest BCUT2D eigenvalue weighted by Gasteiger charge is 2.58. The third-order valence-corrected chi connectivity index (χ3v) is 7.97. The maximum absolute atomic E-state index is 13.1. The minimum Gasteiger partial charge on any atom is -0.508 e. The van der Waals surface area contributed by atoms with Gasteiger partial charge in [-0.15, -0.1) is 0 Å². The lowest BCUT2D eigenvalue weighted by atomic mass is 9.70. The van der Waals surface area contributed by atoms with Gasteiger partial charge in [0, 0.05) is 5.92 Å². The van der Waals surface area contributed by atoms with Crippen LogP contribution in [0.1, 0.15) is 37.3 Å². The Morgan fingerprint density at radius 1 is 1.16 bits per heavy atom. The average Bonchev–Trinajstić information content (AvgIpc) is 3.42. The summed E-state index contributed by atoms with van der Waals surface area (Å²) in [7, 11) is 1.16. The molecule has 2 aromatic carbocycles. The summed E-state index contributed by atoms with van der Waals surface area (Å²) in [5, 5.41) is 10.2. The van der Waals surface area contributed by atoms with Crippen LogP contribution < -0.4 is 0 Å². The van der Waals surface area contributed by atoms with Crippen LogP contribution in [0.15, 0.2) is 59.7 Å². The van der Waals surface area contributed by atoms with Crippen LogP contribution in [0, 0.1) is 17.8 Å². The Bertz CT molecular complexity index is 1320. The minimum atomic E-state index is -0.926. The normalized spacial score (nSPS) is 25.4. The van der Waals surface area contributed by atoms with Crippen molar-refractivity contribution in [3.05, 3.63) is 75.8 Å². The molecule has 5 rings (SSSR count). The lowest BCUT2D eigenvalue weighted by molar-refractivity contribution is -0.137. The van der Waals surface area contributed by atoms with Crippen LogP contribution in [0.4, 0.5) is 4.79 Å². The second-order valence-corrected chi connectivity index (χ2v) is 10.2. The van der Waals surface area contributed by atoms with Crippen LogP contribution in [0.3, 0.4) is 0 Å². The number of carbonyl (C=O) groups is 3. The Kier molecular flexibility index (Phi) is 6.92. The highest BCUT2D eigenvalue weighted by molar-refractivity contribution is 6.32. The largest absolute Gasteiger partial charge is 0.508 e. The van der Waals surface area contributed by atoms with E-state index in [9.17, 15) is 19.5 Å². The molecule has 0 radical (unpaired) electrons. The first kappa shape index (κ1) is 25.2. The molecule has 2 aliphatic heterocycles. The van der Waals surface area contributed by atoms with E-state index >= 15 is 0 Å². The van der Waals surface area contributed by atoms with Crippen molar-refractivity contribution in [3.8, 4) is 5.75 Å². The number of aromatic hydroxyl groups is 1. The first-order valence-corrected chi connectivity index (χ1v) is 12.7. The number of carbonyl (C=O) groups excluding carboxylic acids is 3. The molecular weight excluding hydrogens is 494 g/mol. The van der Waals surface area contributed by atoms with Crippen LogP contribution in [0.5, 0.6) is 5.75 Å². The van der Waals surface area contributed by atoms with Gasteiger partial charge in [0.1, 0.15) is 5.75 Å². The SMILES string of the molecule is COC(=O)N1C(=O)[C@@H]2[C@@H](CC(C)=C3[C@@H](CC/C(=C/c4ccc(O)cc4Cl)c4ccccc4)OC[C@@H]32)C1=O. The number of benzene rings is 2. The van der Waals surface area contributed by atoms with Gasteiger partial charge >= 0.3 is 6.09 Å². The number of rotatable bonds is 5. The van der Waals surface area contributed by atoms with Gasteiger partial charge in [-0.1, -0.05) is 47.5 Å². The van der Waals surface area contributed by atoms with Gasteiger partial charge < -0.3 is 14.6 Å². The van der Waals surface area contributed by atoms with E-state index in [0.717, 1.165) is 35.0 Å². The Morgan fingerprint density at radius 3 is 2.62 bits per heavy atom. The van der Waals surface area contributed by atoms with E-state index in [2.05, 4.69) is 4.74 Å². The predicted octanol–water partition coefficient (Wildman–Crippen LogP) is 5.47. The fraction of sp³-hybridized carbons (Fsp3) is 0.345. The van der Waals surface area contributed by atoms with Crippen molar-refractivity contribution in [2.75, 3.05) is 13.7 Å². The molecule has 0 unspecified atom stereocenters. The summed E-state index contributed by atoms with van der Waals surface area (Å²) in [5.41, 5.74) is 5.05. The molecule has 8 heteroatoms. The van der Waals surface area contributed by atoms with Gasteiger partial charge in [0.15, 0.2) is 0 Å². The van der Waals surface area contributed by atoms with E-state index in [1.54, 1.807) is 12.1 Å². The summed E-state index contributed by atoms with van der Waals surface area (Å²) in [4.78, 5) is 38.7. The van der Waals surface area contributed by atoms with E-state index in [1.165, 1.54) is 6.07 Å². The standard InChI is InChI=1S/C29H28ClNO6/c1-16-12-21-26(28(34)31(27(21)33)29(35)36-2)22-15-37-24(25(16)22)11-9-18(17-6-4-3-5-7-17)13-19-8-10-20(32)14-23(19)30/h3-8,10,13-14,21-22,24,26,32H,9,11-12,15H2,1-2H3/b18-13-/t21-,22+,24-,26-/m1/s1. The van der Waals surface area contributed by atoms with E-state index in [4.69, 9.17) is 16.3 Å². The third kappa shape index (κ3) is 4.58. The molecule has 0 aromatic heterocycles. The van der Waals surface area contributed by atoms with Crippen molar-refractivity contribution in [2.24, 2.45) is 17.8 Å². The zero-order chi connectivity index (χ0) is 26.3. The van der Waals surface area contributed by atoms with Gasteiger partial charge in [0.05, 0.1) is 36.7 Å². The van der Waals surface area contributed by atoms with E-state index in [1.807, 2.05) is 43.3 Å². The molecule has 7 nitrogen and oxygen atoms in total. The molecule has 2 saturated heterocycles. The second-order valence-electron chi connectivity index (χ2n) is 9.76. The quantitative estimate of drug-likeness (QED) is 0.318. The molecule has 2 fully saturated rings. The molecule has 2 aromatic rings. The number of ether oxygens (including phenoxy) is 2. The van der Waals surface area contributed by atoms with Crippen molar-refractivity contribution < 1.29 is 29.0 Å². The van der Waals surface area contributed by atoms with E-state index < -0.39 is 29.7 Å². The highest BCUT2D eigenvalue weighted by atomic mass is 35.5. The lowest BCUT2D eigenvalue weighted by Crippen LogP contribution is -2.37. The maximum atomic E-state index is 13.1. The molecule has 0 saturated carbocycles. The van der Waals surface area contributed by atoms with Gasteiger partial charge in [0.25, 0.3) is 0 Å². The fourth-order valence-corrected chi connectivity index (χ4v) is 6.19. The summed E-state index contributed by atoms with van der Waals surface area (Å²) in [6.07, 6.45) is 2.70. The number of halogens is 1. The van der Waals surface area contributed by atoms with Crippen molar-refractivity contribution in [1.82, 2.24) is 4.90 Å². The Balaban J connectivity index is 1.40. The molecule has 3 amide bonds. The Morgan fingerprint density at radius 2 is 1.92 bits per heavy atom. The first-order chi connectivity index (χ1) is 17.8. The maximum Gasteiger partial charge on any atom is 0.423 e. The number of allylic oxidation sites excluding steroid dienone is 2. The van der Waals surface area contributed by atoms with Crippen LogP contribution in [-0.2, 0) is 19.1 Å². The topological polar surface area (TPSA) is 93.1 Å². The molecule has 0 bridgehead atoms. The molecule has 3 aliphatic rings. The number of methoxy groups -OCH3 is 1. The fourth-order valence-electron chi connectivity index (χ4n) is 5.96. The van der Waals surface area contributed by atoms with E-state index in [-0.39, 0.29) is 17.8 Å². The summed E-state index contributed by atoms with van der Waals surface area (Å²) in [6, 6.07) is 14.9. The van der Waals surface area contributed by atoms with Crippen LogP contribution >= 0.6 is 11.6 Å². The van der Waals surface area contributed by atoms with Gasteiger partial charge in [0.2, 0.25) is 11.8 Å². The van der Waals surface area contributed by atoms with Crippen molar-refractivity contribution in [1.29, 1.82) is 0 Å². The second kappa shape index (κ2) is 10.1. The molecule has 4 atom stereocenters. The summed E-state index contributed by atoms with van der Waals surface area (Å²) < 4.78 is 10.9.